The highest BCUT2D eigenvalue weighted by atomic mass is 16.2. The summed E-state index contributed by atoms with van der Waals surface area (Å²) in [5, 5.41) is 6.04. The molecule has 0 spiro atoms. The molecular formula is C21H19N3O2. The third-order valence-electron chi connectivity index (χ3n) is 3.83. The lowest BCUT2D eigenvalue weighted by atomic mass is 10.1. The molecule has 2 aromatic carbocycles. The van der Waals surface area contributed by atoms with Crippen LogP contribution in [0.1, 0.15) is 33.3 Å². The van der Waals surface area contributed by atoms with Crippen LogP contribution in [0.25, 0.3) is 0 Å². The Morgan fingerprint density at radius 1 is 0.885 bits per heavy atom. The summed E-state index contributed by atoms with van der Waals surface area (Å²) >= 11 is 0. The zero-order chi connectivity index (χ0) is 18.5. The van der Waals surface area contributed by atoms with E-state index in [1.54, 1.807) is 42.6 Å². The van der Waals surface area contributed by atoms with Gasteiger partial charge >= 0.3 is 0 Å². The second kappa shape index (κ2) is 7.61. The van der Waals surface area contributed by atoms with Gasteiger partial charge in [0.1, 0.15) is 5.69 Å². The van der Waals surface area contributed by atoms with E-state index in [1.165, 1.54) is 6.92 Å². The monoisotopic (exact) mass is 345 g/mol. The Morgan fingerprint density at radius 2 is 1.62 bits per heavy atom. The fraction of sp³-hybridized carbons (Fsp3) is 0.0952. The van der Waals surface area contributed by atoms with E-state index in [4.69, 9.17) is 0 Å². The van der Waals surface area contributed by atoms with E-state index in [0.717, 1.165) is 16.9 Å². The minimum Gasteiger partial charge on any atom is -0.355 e. The van der Waals surface area contributed by atoms with E-state index in [0.29, 0.717) is 11.3 Å². The average molecular weight is 345 g/mol. The number of rotatable bonds is 5. The van der Waals surface area contributed by atoms with E-state index in [1.807, 2.05) is 31.2 Å². The quantitative estimate of drug-likeness (QED) is 0.664. The number of pyridine rings is 1. The van der Waals surface area contributed by atoms with Crippen LogP contribution in [0.2, 0.25) is 0 Å². The second-order valence-electron chi connectivity index (χ2n) is 6.02. The van der Waals surface area contributed by atoms with Gasteiger partial charge in [0.2, 0.25) is 0 Å². The third-order valence-corrected chi connectivity index (χ3v) is 3.83. The molecule has 3 aromatic rings. The van der Waals surface area contributed by atoms with Crippen LogP contribution in [0, 0.1) is 6.92 Å². The Labute approximate surface area is 152 Å². The van der Waals surface area contributed by atoms with Crippen LogP contribution >= 0.6 is 0 Å². The molecule has 0 fully saturated rings. The Bertz CT molecular complexity index is 967. The van der Waals surface area contributed by atoms with Gasteiger partial charge in [-0.15, -0.1) is 0 Å². The molecule has 0 aliphatic carbocycles. The van der Waals surface area contributed by atoms with Gasteiger partial charge in [0, 0.05) is 28.8 Å². The number of hydrogen-bond donors (Lipinski definition) is 2. The summed E-state index contributed by atoms with van der Waals surface area (Å²) in [4.78, 5) is 28.1. The Morgan fingerprint density at radius 3 is 2.38 bits per heavy atom. The summed E-state index contributed by atoms with van der Waals surface area (Å²) in [6.45, 7) is 3.51. The first-order valence-corrected chi connectivity index (χ1v) is 8.23. The van der Waals surface area contributed by atoms with Crippen LogP contribution in [-0.2, 0) is 0 Å². The Kier molecular flexibility index (Phi) is 5.08. The highest BCUT2D eigenvalue weighted by molar-refractivity contribution is 6.04. The number of ketones is 1. The number of Topliss-reactive ketones (excluding diaryl/α,β-unsaturated/α-hetero) is 1. The van der Waals surface area contributed by atoms with Crippen molar-refractivity contribution in [3.63, 3.8) is 0 Å². The molecular weight excluding hydrogens is 326 g/mol. The molecule has 0 saturated carbocycles. The first kappa shape index (κ1) is 17.4. The van der Waals surface area contributed by atoms with Gasteiger partial charge in [-0.2, -0.15) is 0 Å². The summed E-state index contributed by atoms with van der Waals surface area (Å²) in [5.41, 5.74) is 4.25. The van der Waals surface area contributed by atoms with Gasteiger partial charge in [-0.25, -0.2) is 0 Å². The van der Waals surface area contributed by atoms with E-state index in [9.17, 15) is 9.59 Å². The maximum atomic E-state index is 12.5. The topological polar surface area (TPSA) is 71.1 Å². The number of amides is 1. The minimum absolute atomic E-state index is 0.0522. The minimum atomic E-state index is -0.335. The largest absolute Gasteiger partial charge is 0.355 e. The fourth-order valence-corrected chi connectivity index (χ4v) is 2.53. The molecule has 0 aliphatic rings. The molecule has 0 atom stereocenters. The summed E-state index contributed by atoms with van der Waals surface area (Å²) in [7, 11) is 0. The van der Waals surface area contributed by atoms with Crippen molar-refractivity contribution in [1.29, 1.82) is 0 Å². The van der Waals surface area contributed by atoms with Crippen molar-refractivity contribution in [3.05, 3.63) is 83.7 Å². The van der Waals surface area contributed by atoms with E-state index in [2.05, 4.69) is 15.6 Å². The van der Waals surface area contributed by atoms with Crippen LogP contribution in [-0.4, -0.2) is 16.7 Å². The van der Waals surface area contributed by atoms with E-state index >= 15 is 0 Å². The maximum absolute atomic E-state index is 12.5. The molecule has 5 heteroatoms. The smallest absolute Gasteiger partial charge is 0.274 e. The number of carbonyl (C=O) groups excluding carboxylic acids is 2. The summed E-state index contributed by atoms with van der Waals surface area (Å²) in [6.07, 6.45) is 1.58. The fourth-order valence-electron chi connectivity index (χ4n) is 2.53. The number of nitrogens with one attached hydrogen (secondary N) is 2. The van der Waals surface area contributed by atoms with Crippen molar-refractivity contribution < 1.29 is 9.59 Å². The number of benzene rings is 2. The van der Waals surface area contributed by atoms with Crippen LogP contribution in [0.4, 0.5) is 17.1 Å². The Balaban J connectivity index is 1.76. The first-order chi connectivity index (χ1) is 12.5. The Hall–Kier alpha value is -3.47. The summed E-state index contributed by atoms with van der Waals surface area (Å²) < 4.78 is 0. The van der Waals surface area contributed by atoms with Crippen molar-refractivity contribution in [2.24, 2.45) is 0 Å². The highest BCUT2D eigenvalue weighted by Crippen LogP contribution is 2.18. The van der Waals surface area contributed by atoms with Gasteiger partial charge in [0.05, 0.1) is 0 Å². The van der Waals surface area contributed by atoms with E-state index < -0.39 is 0 Å². The van der Waals surface area contributed by atoms with Crippen molar-refractivity contribution in [2.45, 2.75) is 13.8 Å². The normalized spacial score (nSPS) is 10.2. The lowest BCUT2D eigenvalue weighted by Crippen LogP contribution is -2.14. The molecule has 0 bridgehead atoms. The predicted octanol–water partition coefficient (Wildman–Crippen LogP) is 4.59. The molecule has 0 saturated heterocycles. The van der Waals surface area contributed by atoms with Gasteiger partial charge in [0.25, 0.3) is 5.91 Å². The molecule has 5 nitrogen and oxygen atoms in total. The van der Waals surface area contributed by atoms with Gasteiger partial charge < -0.3 is 10.6 Å². The number of hydrogen-bond acceptors (Lipinski definition) is 4. The molecule has 0 aliphatic heterocycles. The van der Waals surface area contributed by atoms with Crippen LogP contribution in [0.5, 0.6) is 0 Å². The lowest BCUT2D eigenvalue weighted by molar-refractivity contribution is 0.100. The molecule has 130 valence electrons. The average Bonchev–Trinajstić information content (AvgIpc) is 2.62. The summed E-state index contributed by atoms with van der Waals surface area (Å²) in [6, 6.07) is 18.3. The standard InChI is InChI=1S/C21H19N3O2/c1-14-5-3-7-17(11-14)23-19-9-10-22-20(13-19)21(26)24-18-8-4-6-16(12-18)15(2)25/h3-13H,1-2H3,(H,22,23)(H,24,26). The first-order valence-electron chi connectivity index (χ1n) is 8.23. The molecule has 0 unspecified atom stereocenters. The zero-order valence-electron chi connectivity index (χ0n) is 14.6. The SMILES string of the molecule is CC(=O)c1cccc(NC(=O)c2cc(Nc3cccc(C)c3)ccn2)c1. The number of anilines is 3. The number of aromatic nitrogens is 1. The molecule has 26 heavy (non-hydrogen) atoms. The van der Waals surface area contributed by atoms with Gasteiger partial charge in [-0.3, -0.25) is 14.6 Å². The molecule has 1 amide bonds. The number of aryl methyl sites for hydroxylation is 1. The molecule has 1 aromatic heterocycles. The second-order valence-corrected chi connectivity index (χ2v) is 6.02. The molecule has 2 N–H and O–H groups in total. The maximum Gasteiger partial charge on any atom is 0.274 e. The predicted molar refractivity (Wildman–Crippen MR) is 103 cm³/mol. The van der Waals surface area contributed by atoms with Crippen LogP contribution in [0.3, 0.4) is 0 Å². The van der Waals surface area contributed by atoms with Gasteiger partial charge in [-0.1, -0.05) is 24.3 Å². The lowest BCUT2D eigenvalue weighted by Gasteiger charge is -2.09. The van der Waals surface area contributed by atoms with Crippen molar-refractivity contribution in [1.82, 2.24) is 4.98 Å². The van der Waals surface area contributed by atoms with Crippen LogP contribution in [0.15, 0.2) is 66.9 Å². The molecule has 0 radical (unpaired) electrons. The number of carbonyl (C=O) groups is 2. The van der Waals surface area contributed by atoms with Gasteiger partial charge in [0.15, 0.2) is 5.78 Å². The van der Waals surface area contributed by atoms with Crippen LogP contribution < -0.4 is 10.6 Å². The highest BCUT2D eigenvalue weighted by Gasteiger charge is 2.10. The molecule has 1 heterocycles. The number of nitrogens with zero attached hydrogens (tertiary/aromatic N) is 1. The van der Waals surface area contributed by atoms with Crippen molar-refractivity contribution in [2.75, 3.05) is 10.6 Å². The van der Waals surface area contributed by atoms with E-state index in [-0.39, 0.29) is 17.4 Å². The third kappa shape index (κ3) is 4.33. The van der Waals surface area contributed by atoms with Crippen molar-refractivity contribution in [3.8, 4) is 0 Å². The zero-order valence-corrected chi connectivity index (χ0v) is 14.6. The summed E-state index contributed by atoms with van der Waals surface area (Å²) in [5.74, 6) is -0.387. The van der Waals surface area contributed by atoms with Gasteiger partial charge in [-0.05, 0) is 55.8 Å². The molecule has 3 rings (SSSR count). The van der Waals surface area contributed by atoms with Crippen molar-refractivity contribution >= 4 is 28.8 Å².